The monoisotopic (exact) mass is 487 g/mol. The molecule has 1 saturated heterocycles. The third-order valence-electron chi connectivity index (χ3n) is 6.21. The number of furan rings is 1. The summed E-state index contributed by atoms with van der Waals surface area (Å²) in [7, 11) is 1.64. The van der Waals surface area contributed by atoms with E-state index in [1.165, 1.54) is 16.8 Å². The highest BCUT2D eigenvalue weighted by atomic mass is 16.6. The fourth-order valence-corrected chi connectivity index (χ4v) is 4.28. The van der Waals surface area contributed by atoms with Gasteiger partial charge >= 0.3 is 0 Å². The van der Waals surface area contributed by atoms with Gasteiger partial charge in [0.25, 0.3) is 11.6 Å². The minimum atomic E-state index is -0.469. The number of anilines is 1. The van der Waals surface area contributed by atoms with Crippen LogP contribution in [0.25, 0.3) is 17.1 Å². The minimum absolute atomic E-state index is 0.0788. The van der Waals surface area contributed by atoms with Crippen molar-refractivity contribution in [3.8, 4) is 22.9 Å². The fraction of sp³-hybridized carbons (Fsp3) is 0.231. The fourth-order valence-electron chi connectivity index (χ4n) is 4.28. The molecule has 36 heavy (non-hydrogen) atoms. The van der Waals surface area contributed by atoms with Crippen LogP contribution < -0.4 is 9.64 Å². The summed E-state index contributed by atoms with van der Waals surface area (Å²) in [5.74, 6) is 1.84. The summed E-state index contributed by atoms with van der Waals surface area (Å²) in [6.45, 7) is 4.23. The SMILES string of the molecule is COc1ccc(N2CCN(C(=O)c3cc(-c4ccc(C)o4)nn3-c3cccc([N+](=O)[O-])c3)CC2)cc1. The molecule has 0 spiro atoms. The number of rotatable bonds is 6. The van der Waals surface area contributed by atoms with E-state index < -0.39 is 4.92 Å². The maximum Gasteiger partial charge on any atom is 0.272 e. The van der Waals surface area contributed by atoms with Gasteiger partial charge in [0.15, 0.2) is 5.76 Å². The van der Waals surface area contributed by atoms with Gasteiger partial charge in [0, 0.05) is 50.1 Å². The van der Waals surface area contributed by atoms with Crippen LogP contribution in [0.1, 0.15) is 16.2 Å². The van der Waals surface area contributed by atoms with Gasteiger partial charge < -0.3 is 19.0 Å². The first-order valence-corrected chi connectivity index (χ1v) is 11.5. The third-order valence-corrected chi connectivity index (χ3v) is 6.21. The molecule has 1 fully saturated rings. The third kappa shape index (κ3) is 4.52. The number of hydrogen-bond acceptors (Lipinski definition) is 7. The zero-order chi connectivity index (χ0) is 25.2. The molecule has 0 bridgehead atoms. The van der Waals surface area contributed by atoms with Crippen molar-refractivity contribution in [2.75, 3.05) is 38.2 Å². The van der Waals surface area contributed by atoms with E-state index in [0.29, 0.717) is 49.0 Å². The Labute approximate surface area is 207 Å². The summed E-state index contributed by atoms with van der Waals surface area (Å²) in [4.78, 5) is 28.5. The molecule has 3 heterocycles. The van der Waals surface area contributed by atoms with Gasteiger partial charge in [-0.05, 0) is 49.4 Å². The molecule has 4 aromatic rings. The molecule has 10 heteroatoms. The van der Waals surface area contributed by atoms with Crippen LogP contribution >= 0.6 is 0 Å². The van der Waals surface area contributed by atoms with Crippen molar-refractivity contribution in [2.24, 2.45) is 0 Å². The lowest BCUT2D eigenvalue weighted by Crippen LogP contribution is -2.49. The largest absolute Gasteiger partial charge is 0.497 e. The van der Waals surface area contributed by atoms with Gasteiger partial charge in [0.1, 0.15) is 22.9 Å². The number of nitro groups is 1. The van der Waals surface area contributed by atoms with Gasteiger partial charge in [0.2, 0.25) is 0 Å². The molecule has 2 aromatic carbocycles. The molecule has 1 aliphatic heterocycles. The Kier molecular flexibility index (Phi) is 6.16. The Hall–Kier alpha value is -4.60. The number of carbonyl (C=O) groups excluding carboxylic acids is 1. The molecule has 184 valence electrons. The van der Waals surface area contributed by atoms with E-state index in [1.54, 1.807) is 36.3 Å². The number of aromatic nitrogens is 2. The van der Waals surface area contributed by atoms with Crippen LogP contribution in [-0.2, 0) is 0 Å². The molecular formula is C26H25N5O5. The predicted octanol–water partition coefficient (Wildman–Crippen LogP) is 4.32. The zero-order valence-corrected chi connectivity index (χ0v) is 20.0. The molecule has 5 rings (SSSR count). The second-order valence-electron chi connectivity index (χ2n) is 8.49. The highest BCUT2D eigenvalue weighted by molar-refractivity contribution is 5.94. The Morgan fingerprint density at radius 2 is 1.75 bits per heavy atom. The number of amides is 1. The number of hydrogen-bond donors (Lipinski definition) is 0. The summed E-state index contributed by atoms with van der Waals surface area (Å²) in [5, 5.41) is 15.9. The van der Waals surface area contributed by atoms with Crippen LogP contribution in [0.5, 0.6) is 5.75 Å². The van der Waals surface area contributed by atoms with Crippen LogP contribution in [0, 0.1) is 17.0 Å². The lowest BCUT2D eigenvalue weighted by molar-refractivity contribution is -0.384. The zero-order valence-electron chi connectivity index (χ0n) is 20.0. The topological polar surface area (TPSA) is 107 Å². The molecule has 0 N–H and O–H groups in total. The number of piperazine rings is 1. The highest BCUT2D eigenvalue weighted by Gasteiger charge is 2.27. The van der Waals surface area contributed by atoms with E-state index in [4.69, 9.17) is 9.15 Å². The normalized spacial score (nSPS) is 13.6. The lowest BCUT2D eigenvalue weighted by Gasteiger charge is -2.36. The summed E-state index contributed by atoms with van der Waals surface area (Å²) < 4.78 is 12.4. The van der Waals surface area contributed by atoms with Gasteiger partial charge in [-0.3, -0.25) is 14.9 Å². The maximum absolute atomic E-state index is 13.7. The van der Waals surface area contributed by atoms with Gasteiger partial charge in [-0.1, -0.05) is 6.07 Å². The number of non-ortho nitro benzene ring substituents is 1. The second kappa shape index (κ2) is 9.57. The molecule has 0 saturated carbocycles. The highest BCUT2D eigenvalue weighted by Crippen LogP contribution is 2.27. The number of methoxy groups -OCH3 is 1. The van der Waals surface area contributed by atoms with Crippen molar-refractivity contribution in [1.82, 2.24) is 14.7 Å². The average Bonchev–Trinajstić information content (AvgIpc) is 3.55. The molecule has 0 atom stereocenters. The van der Waals surface area contributed by atoms with Crippen molar-refractivity contribution in [3.63, 3.8) is 0 Å². The van der Waals surface area contributed by atoms with E-state index in [-0.39, 0.29) is 11.6 Å². The number of ether oxygens (including phenoxy) is 1. The van der Waals surface area contributed by atoms with Gasteiger partial charge in [0.05, 0.1) is 17.7 Å². The number of nitro benzene ring substituents is 1. The molecule has 1 amide bonds. The first-order chi connectivity index (χ1) is 17.4. The van der Waals surface area contributed by atoms with Crippen molar-refractivity contribution in [3.05, 3.63) is 88.3 Å². The quantitative estimate of drug-likeness (QED) is 0.294. The Balaban J connectivity index is 1.42. The molecule has 2 aromatic heterocycles. The van der Waals surface area contributed by atoms with Crippen molar-refractivity contribution < 1.29 is 18.9 Å². The smallest absolute Gasteiger partial charge is 0.272 e. The van der Waals surface area contributed by atoms with E-state index in [0.717, 1.165) is 17.2 Å². The van der Waals surface area contributed by atoms with Crippen LogP contribution in [-0.4, -0.2) is 58.8 Å². The number of nitrogens with zero attached hydrogens (tertiary/aromatic N) is 5. The number of benzene rings is 2. The van der Waals surface area contributed by atoms with E-state index in [9.17, 15) is 14.9 Å². The molecule has 0 radical (unpaired) electrons. The maximum atomic E-state index is 13.7. The number of aryl methyl sites for hydroxylation is 1. The van der Waals surface area contributed by atoms with E-state index in [2.05, 4.69) is 10.00 Å². The summed E-state index contributed by atoms with van der Waals surface area (Å²) in [6.07, 6.45) is 0. The van der Waals surface area contributed by atoms with Crippen LogP contribution in [0.2, 0.25) is 0 Å². The lowest BCUT2D eigenvalue weighted by atomic mass is 10.2. The van der Waals surface area contributed by atoms with Gasteiger partial charge in [-0.2, -0.15) is 5.10 Å². The van der Waals surface area contributed by atoms with Crippen LogP contribution in [0.4, 0.5) is 11.4 Å². The van der Waals surface area contributed by atoms with Crippen molar-refractivity contribution in [1.29, 1.82) is 0 Å². The van der Waals surface area contributed by atoms with Crippen molar-refractivity contribution in [2.45, 2.75) is 6.92 Å². The van der Waals surface area contributed by atoms with E-state index >= 15 is 0 Å². The molecule has 0 unspecified atom stereocenters. The summed E-state index contributed by atoms with van der Waals surface area (Å²) in [6, 6.07) is 19.2. The van der Waals surface area contributed by atoms with Crippen LogP contribution in [0.15, 0.2) is 71.1 Å². The Morgan fingerprint density at radius 3 is 2.39 bits per heavy atom. The van der Waals surface area contributed by atoms with E-state index in [1.807, 2.05) is 37.3 Å². The Morgan fingerprint density at radius 1 is 1.00 bits per heavy atom. The van der Waals surface area contributed by atoms with Crippen LogP contribution in [0.3, 0.4) is 0 Å². The second-order valence-corrected chi connectivity index (χ2v) is 8.49. The summed E-state index contributed by atoms with van der Waals surface area (Å²) in [5.41, 5.74) is 2.22. The minimum Gasteiger partial charge on any atom is -0.497 e. The Bertz CT molecular complexity index is 1400. The standard InChI is InChI=1S/C26H25N5O5/c1-18-6-11-25(36-18)23-17-24(30(27-23)20-4-3-5-21(16-20)31(33)34)26(32)29-14-12-28(13-15-29)19-7-9-22(35-2)10-8-19/h3-11,16-17H,12-15H2,1-2H3. The molecule has 0 aliphatic carbocycles. The average molecular weight is 488 g/mol. The van der Waals surface area contributed by atoms with Crippen molar-refractivity contribution >= 4 is 17.3 Å². The van der Waals surface area contributed by atoms with Gasteiger partial charge in [-0.15, -0.1) is 0 Å². The first kappa shape index (κ1) is 23.2. The molecule has 1 aliphatic rings. The predicted molar refractivity (Wildman–Crippen MR) is 134 cm³/mol. The summed E-state index contributed by atoms with van der Waals surface area (Å²) >= 11 is 0. The first-order valence-electron chi connectivity index (χ1n) is 11.5. The number of carbonyl (C=O) groups is 1. The van der Waals surface area contributed by atoms with Gasteiger partial charge in [-0.25, -0.2) is 4.68 Å². The molecular weight excluding hydrogens is 462 g/mol. The molecule has 10 nitrogen and oxygen atoms in total.